The molecular weight excluding hydrogens is 270 g/mol. The minimum absolute atomic E-state index is 0.0488. The molecule has 16 heavy (non-hydrogen) atoms. The first kappa shape index (κ1) is 13.3. The molecule has 1 aromatic heterocycles. The van der Waals surface area contributed by atoms with E-state index in [2.05, 4.69) is 42.0 Å². The first-order chi connectivity index (χ1) is 7.45. The minimum Gasteiger partial charge on any atom is -0.472 e. The third-order valence-electron chi connectivity index (χ3n) is 2.53. The lowest BCUT2D eigenvalue weighted by molar-refractivity contribution is 0.0900. The fraction of sp³-hybridized carbons (Fsp3) is 0.583. The first-order valence-corrected chi connectivity index (χ1v) is 6.46. The fourth-order valence-corrected chi connectivity index (χ4v) is 1.92. The summed E-state index contributed by atoms with van der Waals surface area (Å²) in [6.45, 7) is 6.36. The van der Waals surface area contributed by atoms with E-state index >= 15 is 0 Å². The highest BCUT2D eigenvalue weighted by Crippen LogP contribution is 2.22. The van der Waals surface area contributed by atoms with Gasteiger partial charge in [-0.05, 0) is 17.9 Å². The van der Waals surface area contributed by atoms with Crippen LogP contribution in [0.15, 0.2) is 23.0 Å². The van der Waals surface area contributed by atoms with Crippen molar-refractivity contribution in [1.82, 2.24) is 5.32 Å². The van der Waals surface area contributed by atoms with Gasteiger partial charge in [0.1, 0.15) is 6.26 Å². The molecule has 0 saturated carbocycles. The average molecular weight is 288 g/mol. The van der Waals surface area contributed by atoms with Crippen LogP contribution in [0.25, 0.3) is 0 Å². The van der Waals surface area contributed by atoms with E-state index in [-0.39, 0.29) is 17.4 Å². The molecule has 1 aromatic rings. The Hall–Kier alpha value is -0.770. The molecule has 0 aliphatic heterocycles. The summed E-state index contributed by atoms with van der Waals surface area (Å²) >= 11 is 3.41. The van der Waals surface area contributed by atoms with Gasteiger partial charge in [-0.25, -0.2) is 0 Å². The van der Waals surface area contributed by atoms with Crippen molar-refractivity contribution >= 4 is 21.8 Å². The first-order valence-electron chi connectivity index (χ1n) is 5.34. The summed E-state index contributed by atoms with van der Waals surface area (Å²) in [6.07, 6.45) is 3.88. The molecule has 1 unspecified atom stereocenters. The van der Waals surface area contributed by atoms with Crippen LogP contribution in [0.3, 0.4) is 0 Å². The topological polar surface area (TPSA) is 42.2 Å². The molecule has 0 bridgehead atoms. The molecule has 0 spiro atoms. The number of nitrogens with one attached hydrogen (secondary N) is 1. The van der Waals surface area contributed by atoms with E-state index < -0.39 is 0 Å². The van der Waals surface area contributed by atoms with E-state index in [1.54, 1.807) is 6.07 Å². The van der Waals surface area contributed by atoms with Gasteiger partial charge in [0.25, 0.3) is 5.91 Å². The number of amides is 1. The van der Waals surface area contributed by atoms with Crippen molar-refractivity contribution in [2.24, 2.45) is 5.41 Å². The summed E-state index contributed by atoms with van der Waals surface area (Å²) in [5, 5.41) is 3.91. The van der Waals surface area contributed by atoms with Gasteiger partial charge in [0.2, 0.25) is 0 Å². The summed E-state index contributed by atoms with van der Waals surface area (Å²) < 4.78 is 4.89. The Morgan fingerprint density at radius 2 is 2.25 bits per heavy atom. The number of furan rings is 1. The van der Waals surface area contributed by atoms with Gasteiger partial charge in [-0.2, -0.15) is 0 Å². The Morgan fingerprint density at radius 3 is 2.69 bits per heavy atom. The highest BCUT2D eigenvalue weighted by Gasteiger charge is 2.26. The standard InChI is InChI=1S/C12H18BrNO2/c1-12(2,3)10(4-6-13)14-11(15)9-5-7-16-8-9/h5,7-8,10H,4,6H2,1-3H3,(H,14,15). The second kappa shape index (κ2) is 5.53. The van der Waals surface area contributed by atoms with Crippen molar-refractivity contribution in [1.29, 1.82) is 0 Å². The van der Waals surface area contributed by atoms with E-state index in [1.165, 1.54) is 12.5 Å². The van der Waals surface area contributed by atoms with Crippen LogP contribution >= 0.6 is 15.9 Å². The molecule has 1 N–H and O–H groups in total. The molecule has 0 saturated heterocycles. The molecule has 3 nitrogen and oxygen atoms in total. The Balaban J connectivity index is 2.66. The Morgan fingerprint density at radius 1 is 1.56 bits per heavy atom. The molecule has 90 valence electrons. The van der Waals surface area contributed by atoms with Gasteiger partial charge in [0.05, 0.1) is 11.8 Å². The number of alkyl halides is 1. The summed E-state index contributed by atoms with van der Waals surface area (Å²) in [7, 11) is 0. The molecule has 4 heteroatoms. The summed E-state index contributed by atoms with van der Waals surface area (Å²) in [6, 6.07) is 1.82. The molecule has 1 amide bonds. The number of rotatable bonds is 4. The maximum atomic E-state index is 11.9. The van der Waals surface area contributed by atoms with Crippen LogP contribution in [0.2, 0.25) is 0 Å². The van der Waals surface area contributed by atoms with Gasteiger partial charge in [-0.3, -0.25) is 4.79 Å². The molecule has 0 aromatic carbocycles. The molecule has 0 fully saturated rings. The smallest absolute Gasteiger partial charge is 0.254 e. The van der Waals surface area contributed by atoms with Crippen LogP contribution in [-0.2, 0) is 0 Å². The van der Waals surface area contributed by atoms with Gasteiger partial charge in [0.15, 0.2) is 0 Å². The second-order valence-corrected chi connectivity index (χ2v) is 5.67. The lowest BCUT2D eigenvalue weighted by Crippen LogP contribution is -2.43. The number of carbonyl (C=O) groups excluding carboxylic acids is 1. The zero-order valence-electron chi connectivity index (χ0n) is 9.92. The summed E-state index contributed by atoms with van der Waals surface area (Å²) in [4.78, 5) is 11.9. The minimum atomic E-state index is -0.0744. The predicted octanol–water partition coefficient (Wildman–Crippen LogP) is 3.21. The monoisotopic (exact) mass is 287 g/mol. The van der Waals surface area contributed by atoms with Gasteiger partial charge in [-0.1, -0.05) is 36.7 Å². The van der Waals surface area contributed by atoms with Gasteiger partial charge < -0.3 is 9.73 Å². The fourth-order valence-electron chi connectivity index (χ4n) is 1.47. The zero-order valence-corrected chi connectivity index (χ0v) is 11.5. The van der Waals surface area contributed by atoms with E-state index in [9.17, 15) is 4.79 Å². The highest BCUT2D eigenvalue weighted by molar-refractivity contribution is 9.09. The highest BCUT2D eigenvalue weighted by atomic mass is 79.9. The third-order valence-corrected chi connectivity index (χ3v) is 2.99. The number of hydrogen-bond acceptors (Lipinski definition) is 2. The lowest BCUT2D eigenvalue weighted by Gasteiger charge is -2.31. The zero-order chi connectivity index (χ0) is 12.2. The Labute approximate surface area is 105 Å². The number of carbonyl (C=O) groups is 1. The normalized spacial score (nSPS) is 13.5. The van der Waals surface area contributed by atoms with Crippen LogP contribution in [0.1, 0.15) is 37.6 Å². The van der Waals surface area contributed by atoms with Crippen LogP contribution in [0.4, 0.5) is 0 Å². The number of halogens is 1. The van der Waals surface area contributed by atoms with Crippen molar-refractivity contribution in [2.45, 2.75) is 33.2 Å². The van der Waals surface area contributed by atoms with E-state index in [4.69, 9.17) is 4.42 Å². The lowest BCUT2D eigenvalue weighted by atomic mass is 9.85. The second-order valence-electron chi connectivity index (χ2n) is 4.88. The Kier molecular flexibility index (Phi) is 4.59. The van der Waals surface area contributed by atoms with Crippen molar-refractivity contribution in [3.8, 4) is 0 Å². The van der Waals surface area contributed by atoms with Crippen molar-refractivity contribution in [2.75, 3.05) is 5.33 Å². The summed E-state index contributed by atoms with van der Waals surface area (Å²) in [5.74, 6) is -0.0744. The van der Waals surface area contributed by atoms with Crippen LogP contribution in [-0.4, -0.2) is 17.3 Å². The van der Waals surface area contributed by atoms with E-state index in [1.807, 2.05) is 0 Å². The van der Waals surface area contributed by atoms with E-state index in [0.29, 0.717) is 5.56 Å². The SMILES string of the molecule is CC(C)(C)C(CCBr)NC(=O)c1ccoc1. The predicted molar refractivity (Wildman–Crippen MR) is 67.8 cm³/mol. The third kappa shape index (κ3) is 3.67. The molecule has 1 atom stereocenters. The quantitative estimate of drug-likeness (QED) is 0.864. The largest absolute Gasteiger partial charge is 0.472 e. The Bertz CT molecular complexity index is 327. The van der Waals surface area contributed by atoms with Gasteiger partial charge in [0, 0.05) is 11.4 Å². The van der Waals surface area contributed by atoms with Crippen molar-refractivity contribution in [3.05, 3.63) is 24.2 Å². The number of hydrogen-bond donors (Lipinski definition) is 1. The van der Waals surface area contributed by atoms with Crippen LogP contribution in [0, 0.1) is 5.41 Å². The van der Waals surface area contributed by atoms with Crippen LogP contribution < -0.4 is 5.32 Å². The molecular formula is C12H18BrNO2. The van der Waals surface area contributed by atoms with Crippen molar-refractivity contribution < 1.29 is 9.21 Å². The molecule has 0 aliphatic rings. The summed E-state index contributed by atoms with van der Waals surface area (Å²) in [5.41, 5.74) is 0.622. The molecule has 1 heterocycles. The maximum Gasteiger partial charge on any atom is 0.254 e. The van der Waals surface area contributed by atoms with Crippen LogP contribution in [0.5, 0.6) is 0 Å². The average Bonchev–Trinajstić information content (AvgIpc) is 2.68. The maximum absolute atomic E-state index is 11.9. The molecule has 0 radical (unpaired) electrons. The van der Waals surface area contributed by atoms with E-state index in [0.717, 1.165) is 11.8 Å². The van der Waals surface area contributed by atoms with Gasteiger partial charge >= 0.3 is 0 Å². The van der Waals surface area contributed by atoms with Gasteiger partial charge in [-0.15, -0.1) is 0 Å². The van der Waals surface area contributed by atoms with Crippen molar-refractivity contribution in [3.63, 3.8) is 0 Å². The molecule has 1 rings (SSSR count). The molecule has 0 aliphatic carbocycles.